The van der Waals surface area contributed by atoms with Crippen LogP contribution in [0, 0.1) is 18.8 Å². The summed E-state index contributed by atoms with van der Waals surface area (Å²) in [5.74, 6) is 0.621. The highest BCUT2D eigenvalue weighted by molar-refractivity contribution is 7.89. The molecule has 0 aliphatic rings. The van der Waals surface area contributed by atoms with Crippen molar-refractivity contribution in [3.8, 4) is 0 Å². The third-order valence-corrected chi connectivity index (χ3v) is 6.36. The van der Waals surface area contributed by atoms with Gasteiger partial charge in [-0.3, -0.25) is 0 Å². The highest BCUT2D eigenvalue weighted by Crippen LogP contribution is 2.30. The first kappa shape index (κ1) is 18.6. The van der Waals surface area contributed by atoms with Gasteiger partial charge in [0.1, 0.15) is 4.90 Å². The summed E-state index contributed by atoms with van der Waals surface area (Å²) in [6.07, 6.45) is 0. The molecule has 0 unspecified atom stereocenters. The Kier molecular flexibility index (Phi) is 6.84. The van der Waals surface area contributed by atoms with Crippen molar-refractivity contribution in [3.63, 3.8) is 0 Å². The first-order chi connectivity index (χ1) is 9.70. The van der Waals surface area contributed by atoms with Crippen molar-refractivity contribution in [1.29, 1.82) is 0 Å². The van der Waals surface area contributed by atoms with Crippen molar-refractivity contribution in [2.24, 2.45) is 11.8 Å². The molecular formula is C15H28N2O2S2. The van der Waals surface area contributed by atoms with Crippen LogP contribution in [-0.4, -0.2) is 32.9 Å². The van der Waals surface area contributed by atoms with Crippen LogP contribution >= 0.6 is 11.3 Å². The maximum atomic E-state index is 13.1. The van der Waals surface area contributed by atoms with Crippen LogP contribution in [0.3, 0.4) is 0 Å². The summed E-state index contributed by atoms with van der Waals surface area (Å²) in [6, 6.07) is 0. The molecule has 0 aliphatic heterocycles. The van der Waals surface area contributed by atoms with E-state index in [1.807, 2.05) is 19.4 Å². The molecule has 0 saturated heterocycles. The Labute approximate surface area is 133 Å². The lowest BCUT2D eigenvalue weighted by atomic mass is 10.2. The molecule has 0 saturated carbocycles. The summed E-state index contributed by atoms with van der Waals surface area (Å²) in [6.45, 7) is 11.8. The van der Waals surface area contributed by atoms with Crippen LogP contribution in [-0.2, 0) is 16.6 Å². The van der Waals surface area contributed by atoms with Gasteiger partial charge in [-0.25, -0.2) is 8.42 Å². The largest absolute Gasteiger partial charge is 0.315 e. The number of hydrogen-bond donors (Lipinski definition) is 1. The molecule has 0 amide bonds. The molecule has 1 aromatic rings. The molecule has 1 aromatic heterocycles. The number of sulfonamides is 1. The Hall–Kier alpha value is -0.430. The van der Waals surface area contributed by atoms with E-state index in [2.05, 4.69) is 33.0 Å². The number of rotatable bonds is 8. The first-order valence-corrected chi connectivity index (χ1v) is 9.73. The van der Waals surface area contributed by atoms with Crippen LogP contribution in [0.1, 0.15) is 38.1 Å². The van der Waals surface area contributed by atoms with Crippen LogP contribution in [0.5, 0.6) is 0 Å². The predicted molar refractivity (Wildman–Crippen MR) is 90.3 cm³/mol. The van der Waals surface area contributed by atoms with Crippen molar-refractivity contribution >= 4 is 21.4 Å². The fourth-order valence-electron chi connectivity index (χ4n) is 2.33. The van der Waals surface area contributed by atoms with Crippen molar-refractivity contribution in [3.05, 3.63) is 15.8 Å². The molecule has 21 heavy (non-hydrogen) atoms. The van der Waals surface area contributed by atoms with E-state index in [4.69, 9.17) is 0 Å². The summed E-state index contributed by atoms with van der Waals surface area (Å²) in [5, 5.41) is 4.99. The minimum absolute atomic E-state index is 0.310. The third-order valence-electron chi connectivity index (χ3n) is 3.06. The van der Waals surface area contributed by atoms with Crippen molar-refractivity contribution in [1.82, 2.24) is 9.62 Å². The standard InChI is InChI=1S/C15H28N2O2S2/c1-11(2)8-17(9-12(3)4)21(18,19)15-13(5)10-20-14(15)7-16-6/h10-12,16H,7-9H2,1-6H3. The van der Waals surface area contributed by atoms with Gasteiger partial charge >= 0.3 is 0 Å². The highest BCUT2D eigenvalue weighted by Gasteiger charge is 2.30. The lowest BCUT2D eigenvalue weighted by Crippen LogP contribution is -2.37. The fourth-order valence-corrected chi connectivity index (χ4v) is 5.87. The third kappa shape index (κ3) is 4.77. The van der Waals surface area contributed by atoms with Gasteiger partial charge in [0.05, 0.1) is 0 Å². The second-order valence-corrected chi connectivity index (χ2v) is 9.15. The lowest BCUT2D eigenvalue weighted by Gasteiger charge is -2.26. The lowest BCUT2D eigenvalue weighted by molar-refractivity contribution is 0.333. The van der Waals surface area contributed by atoms with Gasteiger partial charge in [0.25, 0.3) is 0 Å². The topological polar surface area (TPSA) is 49.4 Å². The Morgan fingerprint density at radius 1 is 1.19 bits per heavy atom. The highest BCUT2D eigenvalue weighted by atomic mass is 32.2. The van der Waals surface area contributed by atoms with Crippen molar-refractivity contribution in [2.45, 2.75) is 46.1 Å². The maximum absolute atomic E-state index is 13.1. The molecule has 0 aromatic carbocycles. The van der Waals surface area contributed by atoms with Crippen molar-refractivity contribution < 1.29 is 8.42 Å². The van der Waals surface area contributed by atoms with Crippen LogP contribution in [0.15, 0.2) is 10.3 Å². The summed E-state index contributed by atoms with van der Waals surface area (Å²) in [5.41, 5.74) is 0.850. The fraction of sp³-hybridized carbons (Fsp3) is 0.733. The van der Waals surface area contributed by atoms with Gasteiger partial charge in [-0.2, -0.15) is 4.31 Å². The van der Waals surface area contributed by atoms with Gasteiger partial charge < -0.3 is 5.32 Å². The predicted octanol–water partition coefficient (Wildman–Crippen LogP) is 3.08. The molecule has 0 radical (unpaired) electrons. The number of thiophene rings is 1. The van der Waals surface area contributed by atoms with Crippen molar-refractivity contribution in [2.75, 3.05) is 20.1 Å². The first-order valence-electron chi connectivity index (χ1n) is 7.41. The zero-order valence-electron chi connectivity index (χ0n) is 13.9. The molecule has 6 heteroatoms. The number of aryl methyl sites for hydroxylation is 1. The van der Waals surface area contributed by atoms with Crippen LogP contribution in [0.2, 0.25) is 0 Å². The van der Waals surface area contributed by atoms with E-state index in [-0.39, 0.29) is 0 Å². The smallest absolute Gasteiger partial charge is 0.244 e. The molecule has 1 rings (SSSR count). The molecule has 122 valence electrons. The molecule has 0 spiro atoms. The summed E-state index contributed by atoms with van der Waals surface area (Å²) >= 11 is 1.51. The van der Waals surface area contributed by atoms with E-state index in [0.29, 0.717) is 36.4 Å². The summed E-state index contributed by atoms with van der Waals surface area (Å²) in [4.78, 5) is 1.40. The minimum atomic E-state index is -3.43. The van der Waals surface area contributed by atoms with Crippen LogP contribution in [0.4, 0.5) is 0 Å². The Morgan fingerprint density at radius 3 is 2.14 bits per heavy atom. The van der Waals surface area contributed by atoms with Gasteiger partial charge in [0.2, 0.25) is 10.0 Å². The van der Waals surface area contributed by atoms with E-state index >= 15 is 0 Å². The van der Waals surface area contributed by atoms with Gasteiger partial charge in [-0.05, 0) is 36.8 Å². The van der Waals surface area contributed by atoms with E-state index in [1.165, 1.54) is 11.3 Å². The molecule has 0 atom stereocenters. The molecule has 0 bridgehead atoms. The average molecular weight is 333 g/mol. The monoisotopic (exact) mass is 332 g/mol. The number of nitrogens with zero attached hydrogens (tertiary/aromatic N) is 1. The van der Waals surface area contributed by atoms with E-state index in [1.54, 1.807) is 4.31 Å². The number of hydrogen-bond acceptors (Lipinski definition) is 4. The molecule has 0 aliphatic carbocycles. The SMILES string of the molecule is CNCc1scc(C)c1S(=O)(=O)N(CC(C)C)CC(C)C. The van der Waals surface area contributed by atoms with Gasteiger partial charge in [-0.1, -0.05) is 27.7 Å². The van der Waals surface area contributed by atoms with Crippen LogP contribution < -0.4 is 5.32 Å². The zero-order chi connectivity index (χ0) is 16.2. The van der Waals surface area contributed by atoms with Gasteiger partial charge in [0.15, 0.2) is 0 Å². The molecular weight excluding hydrogens is 304 g/mol. The molecule has 0 fully saturated rings. The Balaban J connectivity index is 3.24. The van der Waals surface area contributed by atoms with E-state index < -0.39 is 10.0 Å². The Bertz CT molecular complexity index is 538. The molecule has 4 nitrogen and oxygen atoms in total. The van der Waals surface area contributed by atoms with Crippen LogP contribution in [0.25, 0.3) is 0 Å². The molecule has 1 N–H and O–H groups in total. The normalized spacial score (nSPS) is 12.8. The second kappa shape index (κ2) is 7.72. The second-order valence-electron chi connectivity index (χ2n) is 6.31. The van der Waals surface area contributed by atoms with Gasteiger partial charge in [0, 0.05) is 24.5 Å². The Morgan fingerprint density at radius 2 is 1.71 bits per heavy atom. The van der Waals surface area contributed by atoms with Gasteiger partial charge in [-0.15, -0.1) is 11.3 Å². The summed E-state index contributed by atoms with van der Waals surface area (Å²) in [7, 11) is -1.59. The number of nitrogens with one attached hydrogen (secondary N) is 1. The zero-order valence-corrected chi connectivity index (χ0v) is 15.6. The average Bonchev–Trinajstić information content (AvgIpc) is 2.69. The quantitative estimate of drug-likeness (QED) is 0.796. The minimum Gasteiger partial charge on any atom is -0.315 e. The maximum Gasteiger partial charge on any atom is 0.244 e. The van der Waals surface area contributed by atoms with E-state index in [0.717, 1.165) is 10.4 Å². The molecule has 1 heterocycles. The van der Waals surface area contributed by atoms with E-state index in [9.17, 15) is 8.42 Å². The summed E-state index contributed by atoms with van der Waals surface area (Å²) < 4.78 is 27.8.